The van der Waals surface area contributed by atoms with Crippen LogP contribution in [0.4, 0.5) is 0 Å². The van der Waals surface area contributed by atoms with E-state index in [1.165, 1.54) is 33.4 Å². The van der Waals surface area contributed by atoms with Gasteiger partial charge in [-0.3, -0.25) is 0 Å². The molecule has 0 atom stereocenters. The second kappa shape index (κ2) is 7.48. The van der Waals surface area contributed by atoms with E-state index in [4.69, 9.17) is 28.4 Å². The highest BCUT2D eigenvalue weighted by atomic mass is 16.5. The van der Waals surface area contributed by atoms with E-state index in [0.29, 0.717) is 0 Å². The van der Waals surface area contributed by atoms with Crippen molar-refractivity contribution in [2.75, 3.05) is 42.7 Å². The minimum absolute atomic E-state index is 0.0634. The van der Waals surface area contributed by atoms with E-state index in [1.807, 2.05) is 0 Å². The van der Waals surface area contributed by atoms with Crippen LogP contribution in [0.2, 0.25) is 0 Å². The van der Waals surface area contributed by atoms with Crippen molar-refractivity contribution in [3.63, 3.8) is 0 Å². The molecule has 0 amide bonds. The second-order valence-corrected chi connectivity index (χ2v) is 9.65. The van der Waals surface area contributed by atoms with E-state index >= 15 is 0 Å². The molecule has 0 fully saturated rings. The Balaban J connectivity index is 1.73. The molecule has 0 radical (unpaired) electrons. The van der Waals surface area contributed by atoms with Crippen molar-refractivity contribution in [3.05, 3.63) is 69.8 Å². The van der Waals surface area contributed by atoms with E-state index in [0.717, 1.165) is 53.8 Å². The zero-order valence-electron chi connectivity index (χ0n) is 21.0. The van der Waals surface area contributed by atoms with Crippen LogP contribution in [0.15, 0.2) is 36.4 Å². The predicted octanol–water partition coefficient (Wildman–Crippen LogP) is 4.73. The molecule has 182 valence electrons. The maximum absolute atomic E-state index is 5.78. The fraction of sp³-hybridized carbons (Fsp3) is 0.379. The zero-order valence-corrected chi connectivity index (χ0v) is 21.0. The first-order valence-electron chi connectivity index (χ1n) is 11.8. The van der Waals surface area contributed by atoms with Gasteiger partial charge in [0.25, 0.3) is 0 Å². The molecule has 0 bridgehead atoms. The Hall–Kier alpha value is -3.54. The van der Waals surface area contributed by atoms with Crippen molar-refractivity contribution in [1.82, 2.24) is 0 Å². The lowest BCUT2D eigenvalue weighted by Crippen LogP contribution is -2.38. The molecule has 0 unspecified atom stereocenters. The molecule has 3 aromatic carbocycles. The average Bonchev–Trinajstić information content (AvgIpc) is 3.41. The number of methoxy groups -OCH3 is 6. The Morgan fingerprint density at radius 1 is 0.429 bits per heavy atom. The van der Waals surface area contributed by atoms with Gasteiger partial charge in [-0.1, -0.05) is 0 Å². The van der Waals surface area contributed by atoms with Crippen LogP contribution < -0.4 is 28.4 Å². The van der Waals surface area contributed by atoms with E-state index in [1.54, 1.807) is 42.7 Å². The molecule has 6 nitrogen and oxygen atoms in total. The maximum Gasteiger partial charge on any atom is 0.161 e. The maximum atomic E-state index is 5.78. The number of fused-ring (bicyclic) bond motifs is 3. The summed E-state index contributed by atoms with van der Waals surface area (Å²) in [6.07, 6.45) is 2.80. The molecule has 0 N–H and O–H groups in total. The van der Waals surface area contributed by atoms with Crippen LogP contribution in [-0.4, -0.2) is 42.7 Å². The van der Waals surface area contributed by atoms with Gasteiger partial charge in [-0.05, 0) is 89.0 Å². The van der Waals surface area contributed by atoms with Gasteiger partial charge in [-0.2, -0.15) is 0 Å². The summed E-state index contributed by atoms with van der Waals surface area (Å²) in [5.41, 5.74) is 7.22. The van der Waals surface area contributed by atoms with Gasteiger partial charge in [0.1, 0.15) is 0 Å². The quantitative estimate of drug-likeness (QED) is 0.515. The average molecular weight is 475 g/mol. The van der Waals surface area contributed by atoms with Crippen molar-refractivity contribution in [3.8, 4) is 34.5 Å². The van der Waals surface area contributed by atoms with Crippen molar-refractivity contribution < 1.29 is 28.4 Å². The van der Waals surface area contributed by atoms with Gasteiger partial charge in [0.05, 0.1) is 48.1 Å². The van der Waals surface area contributed by atoms with Crippen LogP contribution in [0.1, 0.15) is 33.4 Å². The van der Waals surface area contributed by atoms with Gasteiger partial charge in [0, 0.05) is 5.41 Å². The van der Waals surface area contributed by atoms with Crippen LogP contribution in [0, 0.1) is 5.41 Å². The number of rotatable bonds is 6. The van der Waals surface area contributed by atoms with Crippen molar-refractivity contribution >= 4 is 0 Å². The molecule has 35 heavy (non-hydrogen) atoms. The smallest absolute Gasteiger partial charge is 0.161 e. The van der Waals surface area contributed by atoms with Gasteiger partial charge in [0.15, 0.2) is 34.5 Å². The lowest BCUT2D eigenvalue weighted by atomic mass is 9.64. The van der Waals surface area contributed by atoms with Crippen LogP contribution in [-0.2, 0) is 24.7 Å². The summed E-state index contributed by atoms with van der Waals surface area (Å²) in [7, 11) is 10.1. The molecule has 3 aromatic rings. The highest BCUT2D eigenvalue weighted by Gasteiger charge is 2.67. The minimum Gasteiger partial charge on any atom is -0.493 e. The monoisotopic (exact) mass is 474 g/mol. The van der Waals surface area contributed by atoms with E-state index in [9.17, 15) is 0 Å². The first kappa shape index (κ1) is 22.0. The topological polar surface area (TPSA) is 55.4 Å². The number of benzene rings is 3. The van der Waals surface area contributed by atoms with Crippen LogP contribution in [0.3, 0.4) is 0 Å². The number of hydrogen-bond acceptors (Lipinski definition) is 6. The molecule has 3 aliphatic carbocycles. The third-order valence-electron chi connectivity index (χ3n) is 8.42. The second-order valence-electron chi connectivity index (χ2n) is 9.65. The summed E-state index contributed by atoms with van der Waals surface area (Å²) in [5.74, 6) is 4.49. The molecule has 0 saturated carbocycles. The lowest BCUT2D eigenvalue weighted by Gasteiger charge is -2.37. The van der Waals surface area contributed by atoms with Crippen molar-refractivity contribution in [1.29, 1.82) is 0 Å². The standard InChI is InChI=1S/C29H30O6/c1-30-22-7-16-13-28-14-17-8-23(31-2)26(34-5)11-20(17)29(28,19(16)10-25(22)33-4)21-12-27(35-6)24(32-3)9-18(21)15-28/h7-12H,13-15H2,1-6H3. The Labute approximate surface area is 205 Å². The Morgan fingerprint density at radius 2 is 0.686 bits per heavy atom. The third kappa shape index (κ3) is 2.54. The van der Waals surface area contributed by atoms with Crippen LogP contribution >= 0.6 is 0 Å². The van der Waals surface area contributed by atoms with Crippen LogP contribution in [0.5, 0.6) is 34.5 Å². The third-order valence-corrected chi connectivity index (χ3v) is 8.42. The highest BCUT2D eigenvalue weighted by Crippen LogP contribution is 2.72. The number of hydrogen-bond donors (Lipinski definition) is 0. The molecule has 0 saturated heterocycles. The predicted molar refractivity (Wildman–Crippen MR) is 132 cm³/mol. The zero-order chi connectivity index (χ0) is 24.5. The minimum atomic E-state index is -0.369. The molecule has 3 aliphatic rings. The van der Waals surface area contributed by atoms with E-state index < -0.39 is 0 Å². The normalized spacial score (nSPS) is 22.5. The Bertz CT molecular complexity index is 1200. The van der Waals surface area contributed by atoms with Gasteiger partial charge in [0.2, 0.25) is 0 Å². The first-order valence-corrected chi connectivity index (χ1v) is 11.8. The summed E-state index contributed by atoms with van der Waals surface area (Å²) >= 11 is 0. The molecule has 6 rings (SSSR count). The molecule has 0 aromatic heterocycles. The number of ether oxygens (including phenoxy) is 6. The van der Waals surface area contributed by atoms with E-state index in [2.05, 4.69) is 36.4 Å². The first-order chi connectivity index (χ1) is 17.0. The molecule has 0 aliphatic heterocycles. The summed E-state index contributed by atoms with van der Waals surface area (Å²) in [4.78, 5) is 0. The highest BCUT2D eigenvalue weighted by molar-refractivity contribution is 5.74. The van der Waals surface area contributed by atoms with Crippen molar-refractivity contribution in [2.45, 2.75) is 24.7 Å². The summed E-state index contributed by atoms with van der Waals surface area (Å²) in [6.45, 7) is 0. The van der Waals surface area contributed by atoms with Gasteiger partial charge in [-0.25, -0.2) is 0 Å². The van der Waals surface area contributed by atoms with Crippen molar-refractivity contribution in [2.24, 2.45) is 5.41 Å². The Morgan fingerprint density at radius 3 is 0.943 bits per heavy atom. The molecular formula is C29H30O6. The van der Waals surface area contributed by atoms with Gasteiger partial charge in [-0.15, -0.1) is 0 Å². The Kier molecular flexibility index (Phi) is 4.69. The molecule has 6 heteroatoms. The molecule has 0 heterocycles. The van der Waals surface area contributed by atoms with Gasteiger partial charge < -0.3 is 28.4 Å². The van der Waals surface area contributed by atoms with E-state index in [-0.39, 0.29) is 10.8 Å². The fourth-order valence-electron chi connectivity index (χ4n) is 7.22. The summed E-state index contributed by atoms with van der Waals surface area (Å²) in [5, 5.41) is 0. The fourth-order valence-corrected chi connectivity index (χ4v) is 7.22. The summed E-state index contributed by atoms with van der Waals surface area (Å²) < 4.78 is 34.4. The molecule has 0 spiro atoms. The van der Waals surface area contributed by atoms with Crippen LogP contribution in [0.25, 0.3) is 0 Å². The SMILES string of the molecule is COc1cc2c(cc1OC)C13c4cc(OC)c(OC)cc4CC1(C2)Cc1cc(OC)c(OC)cc13. The lowest BCUT2D eigenvalue weighted by molar-refractivity contribution is 0.256. The molecular weight excluding hydrogens is 444 g/mol. The largest absolute Gasteiger partial charge is 0.493 e. The van der Waals surface area contributed by atoms with Gasteiger partial charge >= 0.3 is 0 Å². The summed E-state index contributed by atoms with van der Waals surface area (Å²) in [6, 6.07) is 13.0.